The van der Waals surface area contributed by atoms with Gasteiger partial charge in [0.15, 0.2) is 0 Å². The van der Waals surface area contributed by atoms with Gasteiger partial charge in [0.2, 0.25) is 0 Å². The van der Waals surface area contributed by atoms with Gasteiger partial charge in [0.05, 0.1) is 6.54 Å². The average molecular weight is 266 g/mol. The number of fused-ring (bicyclic) bond motifs is 1. The third-order valence-corrected chi connectivity index (χ3v) is 3.32. The van der Waals surface area contributed by atoms with Crippen LogP contribution in [-0.4, -0.2) is 11.5 Å². The zero-order valence-electron chi connectivity index (χ0n) is 11.6. The number of hydrogen-bond donors (Lipinski definition) is 1. The van der Waals surface area contributed by atoms with Gasteiger partial charge in [-0.15, -0.1) is 0 Å². The number of pyridine rings is 1. The van der Waals surface area contributed by atoms with E-state index in [9.17, 15) is 0 Å². The number of aromatic nitrogens is 1. The highest BCUT2D eigenvalue weighted by Crippen LogP contribution is 2.28. The smallest absolute Gasteiger partial charge is 0.136 e. The second-order valence-electron chi connectivity index (χ2n) is 4.85. The van der Waals surface area contributed by atoms with E-state index < -0.39 is 0 Å². The topological polar surface area (TPSA) is 38.1 Å². The molecule has 3 rings (SSSR count). The number of benzene rings is 1. The van der Waals surface area contributed by atoms with E-state index in [2.05, 4.69) is 29.4 Å². The van der Waals surface area contributed by atoms with Crippen molar-refractivity contribution >= 4 is 10.8 Å². The minimum absolute atomic E-state index is 0.770. The van der Waals surface area contributed by atoms with E-state index in [4.69, 9.17) is 4.42 Å². The lowest BCUT2D eigenvalue weighted by atomic mass is 10.1. The van der Waals surface area contributed by atoms with Crippen molar-refractivity contribution in [2.24, 2.45) is 0 Å². The quantitative estimate of drug-likeness (QED) is 0.709. The fourth-order valence-corrected chi connectivity index (χ4v) is 2.32. The Morgan fingerprint density at radius 1 is 1.10 bits per heavy atom. The van der Waals surface area contributed by atoms with Gasteiger partial charge in [0, 0.05) is 23.3 Å². The highest BCUT2D eigenvalue weighted by molar-refractivity contribution is 5.94. The van der Waals surface area contributed by atoms with Gasteiger partial charge in [-0.2, -0.15) is 0 Å². The Balaban J connectivity index is 1.91. The predicted molar refractivity (Wildman–Crippen MR) is 81.4 cm³/mol. The molecule has 0 saturated carbocycles. The van der Waals surface area contributed by atoms with Crippen LogP contribution in [0.3, 0.4) is 0 Å². The molecular weight excluding hydrogens is 248 g/mol. The summed E-state index contributed by atoms with van der Waals surface area (Å²) in [5, 5.41) is 5.65. The summed E-state index contributed by atoms with van der Waals surface area (Å²) in [5.41, 5.74) is 1.05. The Kier molecular flexibility index (Phi) is 3.79. The Bertz CT molecular complexity index is 698. The second kappa shape index (κ2) is 5.88. The third-order valence-electron chi connectivity index (χ3n) is 3.32. The van der Waals surface area contributed by atoms with Crippen molar-refractivity contribution in [1.29, 1.82) is 0 Å². The Hall–Kier alpha value is -2.13. The van der Waals surface area contributed by atoms with E-state index in [-0.39, 0.29) is 0 Å². The molecule has 0 aliphatic heterocycles. The van der Waals surface area contributed by atoms with Gasteiger partial charge in [-0.05, 0) is 30.5 Å². The van der Waals surface area contributed by atoms with Crippen LogP contribution < -0.4 is 5.32 Å². The summed E-state index contributed by atoms with van der Waals surface area (Å²) in [5.74, 6) is 1.84. The molecule has 0 saturated heterocycles. The van der Waals surface area contributed by atoms with Crippen molar-refractivity contribution in [3.05, 3.63) is 54.6 Å². The Labute approximate surface area is 118 Å². The van der Waals surface area contributed by atoms with Crippen LogP contribution in [0, 0.1) is 0 Å². The molecule has 20 heavy (non-hydrogen) atoms. The van der Waals surface area contributed by atoms with E-state index in [1.807, 2.05) is 36.7 Å². The molecule has 102 valence electrons. The summed E-state index contributed by atoms with van der Waals surface area (Å²) in [6.45, 7) is 3.93. The highest BCUT2D eigenvalue weighted by atomic mass is 16.3. The van der Waals surface area contributed by atoms with Crippen molar-refractivity contribution in [3.63, 3.8) is 0 Å². The second-order valence-corrected chi connectivity index (χ2v) is 4.85. The van der Waals surface area contributed by atoms with Crippen molar-refractivity contribution < 1.29 is 4.42 Å². The molecule has 1 N–H and O–H groups in total. The van der Waals surface area contributed by atoms with Gasteiger partial charge in [-0.25, -0.2) is 0 Å². The van der Waals surface area contributed by atoms with Crippen molar-refractivity contribution in [3.8, 4) is 11.3 Å². The number of nitrogens with zero attached hydrogens (tertiary/aromatic N) is 1. The zero-order valence-corrected chi connectivity index (χ0v) is 11.6. The number of rotatable bonds is 5. The van der Waals surface area contributed by atoms with Crippen LogP contribution in [0.1, 0.15) is 19.1 Å². The summed E-state index contributed by atoms with van der Waals surface area (Å²) >= 11 is 0. The number of furan rings is 1. The zero-order chi connectivity index (χ0) is 13.8. The predicted octanol–water partition coefficient (Wildman–Crippen LogP) is 3.99. The molecule has 2 aromatic heterocycles. The molecule has 0 aliphatic carbocycles. The van der Waals surface area contributed by atoms with Crippen LogP contribution in [-0.2, 0) is 6.54 Å². The average Bonchev–Trinajstić information content (AvgIpc) is 2.96. The van der Waals surface area contributed by atoms with E-state index in [1.54, 1.807) is 0 Å². The molecule has 0 radical (unpaired) electrons. The monoisotopic (exact) mass is 266 g/mol. The van der Waals surface area contributed by atoms with Crippen molar-refractivity contribution in [1.82, 2.24) is 10.3 Å². The minimum Gasteiger partial charge on any atom is -0.460 e. The molecule has 3 heteroatoms. The maximum absolute atomic E-state index is 5.92. The third kappa shape index (κ3) is 2.58. The molecule has 0 fully saturated rings. The molecule has 0 aliphatic rings. The van der Waals surface area contributed by atoms with E-state index >= 15 is 0 Å². The summed E-state index contributed by atoms with van der Waals surface area (Å²) in [7, 11) is 0. The molecule has 0 spiro atoms. The first-order chi connectivity index (χ1) is 9.88. The SMILES string of the molecule is CCCNCc1ccc(-c2cncc3ccccc23)o1. The minimum atomic E-state index is 0.770. The standard InChI is InChI=1S/C17H18N2O/c1-2-9-18-11-14-7-8-17(20-14)16-12-19-10-13-5-3-4-6-15(13)16/h3-8,10,12,18H,2,9,11H2,1H3. The largest absolute Gasteiger partial charge is 0.460 e. The lowest BCUT2D eigenvalue weighted by Crippen LogP contribution is -2.12. The maximum Gasteiger partial charge on any atom is 0.136 e. The van der Waals surface area contributed by atoms with Crippen LogP contribution in [0.2, 0.25) is 0 Å². The first kappa shape index (κ1) is 12.9. The van der Waals surface area contributed by atoms with Crippen molar-refractivity contribution in [2.75, 3.05) is 6.54 Å². The first-order valence-corrected chi connectivity index (χ1v) is 7.01. The lowest BCUT2D eigenvalue weighted by Gasteiger charge is -2.03. The molecule has 0 amide bonds. The highest BCUT2D eigenvalue weighted by Gasteiger charge is 2.08. The summed E-state index contributed by atoms with van der Waals surface area (Å²) in [6.07, 6.45) is 4.87. The fraction of sp³-hybridized carbons (Fsp3) is 0.235. The maximum atomic E-state index is 5.92. The molecule has 3 nitrogen and oxygen atoms in total. The lowest BCUT2D eigenvalue weighted by molar-refractivity contribution is 0.494. The molecule has 0 unspecified atom stereocenters. The Morgan fingerprint density at radius 2 is 2.00 bits per heavy atom. The summed E-state index contributed by atoms with van der Waals surface area (Å²) in [6, 6.07) is 12.3. The Morgan fingerprint density at radius 3 is 2.90 bits per heavy atom. The van der Waals surface area contributed by atoms with Gasteiger partial charge in [-0.1, -0.05) is 31.2 Å². The summed E-state index contributed by atoms with van der Waals surface area (Å²) in [4.78, 5) is 4.30. The van der Waals surface area contributed by atoms with Crippen LogP contribution in [0.4, 0.5) is 0 Å². The number of nitrogens with one attached hydrogen (secondary N) is 1. The van der Waals surface area contributed by atoms with Gasteiger partial charge >= 0.3 is 0 Å². The molecule has 0 bridgehead atoms. The molecule has 1 aromatic carbocycles. The van der Waals surface area contributed by atoms with E-state index in [0.29, 0.717) is 0 Å². The van der Waals surface area contributed by atoms with Crippen LogP contribution in [0.15, 0.2) is 53.2 Å². The fourth-order valence-electron chi connectivity index (χ4n) is 2.32. The van der Waals surface area contributed by atoms with Crippen LogP contribution in [0.25, 0.3) is 22.1 Å². The van der Waals surface area contributed by atoms with Gasteiger partial charge in [0.25, 0.3) is 0 Å². The number of hydrogen-bond acceptors (Lipinski definition) is 3. The molecule has 0 atom stereocenters. The van der Waals surface area contributed by atoms with E-state index in [0.717, 1.165) is 42.0 Å². The van der Waals surface area contributed by atoms with Gasteiger partial charge in [-0.3, -0.25) is 4.98 Å². The van der Waals surface area contributed by atoms with Crippen LogP contribution >= 0.6 is 0 Å². The summed E-state index contributed by atoms with van der Waals surface area (Å²) < 4.78 is 5.92. The van der Waals surface area contributed by atoms with Gasteiger partial charge in [0.1, 0.15) is 11.5 Å². The van der Waals surface area contributed by atoms with Crippen molar-refractivity contribution in [2.45, 2.75) is 19.9 Å². The normalized spacial score (nSPS) is 11.1. The molecular formula is C17H18N2O. The first-order valence-electron chi connectivity index (χ1n) is 7.01. The van der Waals surface area contributed by atoms with Crippen LogP contribution in [0.5, 0.6) is 0 Å². The van der Waals surface area contributed by atoms with Gasteiger partial charge < -0.3 is 9.73 Å². The van der Waals surface area contributed by atoms with E-state index in [1.165, 1.54) is 5.39 Å². The molecule has 2 heterocycles. The molecule has 3 aromatic rings.